The first-order chi connectivity index (χ1) is 14.6. The van der Waals surface area contributed by atoms with Crippen LogP contribution in [0.4, 0.5) is 15.8 Å². The van der Waals surface area contributed by atoms with Crippen molar-refractivity contribution in [2.24, 2.45) is 5.41 Å². The first kappa shape index (κ1) is 22.7. The lowest BCUT2D eigenvalue weighted by atomic mass is 9.94. The van der Waals surface area contributed by atoms with E-state index < -0.39 is 11.7 Å². The van der Waals surface area contributed by atoms with Crippen molar-refractivity contribution in [2.45, 2.75) is 20.8 Å². The van der Waals surface area contributed by atoms with Gasteiger partial charge in [-0.25, -0.2) is 4.39 Å². The molecule has 1 fully saturated rings. The van der Waals surface area contributed by atoms with E-state index in [1.165, 1.54) is 18.2 Å². The summed E-state index contributed by atoms with van der Waals surface area (Å²) in [6.07, 6.45) is 0. The Balaban J connectivity index is 1.52. The number of hydrogen-bond acceptors (Lipinski definition) is 4. The first-order valence-electron chi connectivity index (χ1n) is 10.2. The molecule has 0 aliphatic carbocycles. The molecule has 31 heavy (non-hydrogen) atoms. The molecule has 164 valence electrons. The molecule has 1 aliphatic rings. The molecule has 3 rings (SSSR count). The Bertz CT molecular complexity index is 964. The van der Waals surface area contributed by atoms with Gasteiger partial charge in [-0.1, -0.05) is 26.8 Å². The molecule has 2 amide bonds. The molecule has 0 radical (unpaired) electrons. The van der Waals surface area contributed by atoms with Crippen LogP contribution in [0.2, 0.25) is 0 Å². The lowest BCUT2D eigenvalue weighted by molar-refractivity contribution is -0.139. The number of thiocarbonyl (C=S) groups is 1. The molecule has 0 bridgehead atoms. The number of amides is 2. The van der Waals surface area contributed by atoms with Gasteiger partial charge in [-0.3, -0.25) is 14.9 Å². The molecule has 1 heterocycles. The van der Waals surface area contributed by atoms with Crippen LogP contribution >= 0.6 is 12.2 Å². The predicted molar refractivity (Wildman–Crippen MR) is 125 cm³/mol. The minimum atomic E-state index is -0.481. The summed E-state index contributed by atoms with van der Waals surface area (Å²) >= 11 is 5.19. The first-order valence-corrected chi connectivity index (χ1v) is 10.6. The van der Waals surface area contributed by atoms with Crippen molar-refractivity contribution in [2.75, 3.05) is 36.4 Å². The summed E-state index contributed by atoms with van der Waals surface area (Å²) in [5.41, 5.74) is 1.62. The largest absolute Gasteiger partial charge is 0.368 e. The van der Waals surface area contributed by atoms with Crippen molar-refractivity contribution in [1.82, 2.24) is 10.2 Å². The van der Waals surface area contributed by atoms with E-state index in [0.29, 0.717) is 13.1 Å². The van der Waals surface area contributed by atoms with Crippen LogP contribution in [0.3, 0.4) is 0 Å². The molecule has 0 atom stereocenters. The van der Waals surface area contributed by atoms with Gasteiger partial charge in [-0.05, 0) is 54.7 Å². The molecule has 1 aliphatic heterocycles. The highest BCUT2D eigenvalue weighted by Gasteiger charge is 2.29. The van der Waals surface area contributed by atoms with Gasteiger partial charge in [0.1, 0.15) is 5.82 Å². The summed E-state index contributed by atoms with van der Waals surface area (Å²) < 4.78 is 13.3. The fraction of sp³-hybridized carbons (Fsp3) is 0.348. The Morgan fingerprint density at radius 2 is 1.65 bits per heavy atom. The van der Waals surface area contributed by atoms with E-state index in [2.05, 4.69) is 15.5 Å². The second kappa shape index (κ2) is 9.43. The van der Waals surface area contributed by atoms with Gasteiger partial charge in [0.25, 0.3) is 5.91 Å². The molecule has 0 spiro atoms. The van der Waals surface area contributed by atoms with Crippen LogP contribution in [0, 0.1) is 11.2 Å². The third-order valence-electron chi connectivity index (χ3n) is 5.01. The lowest BCUT2D eigenvalue weighted by Gasteiger charge is -2.38. The average molecular weight is 443 g/mol. The third-order valence-corrected chi connectivity index (χ3v) is 5.22. The van der Waals surface area contributed by atoms with Crippen LogP contribution in [0.5, 0.6) is 0 Å². The van der Waals surface area contributed by atoms with Crippen molar-refractivity contribution in [1.29, 1.82) is 0 Å². The van der Waals surface area contributed by atoms with E-state index in [-0.39, 0.29) is 22.0 Å². The van der Waals surface area contributed by atoms with Crippen molar-refractivity contribution >= 4 is 40.5 Å². The fourth-order valence-electron chi connectivity index (χ4n) is 3.37. The van der Waals surface area contributed by atoms with E-state index in [9.17, 15) is 14.0 Å². The van der Waals surface area contributed by atoms with E-state index in [4.69, 9.17) is 12.2 Å². The third kappa shape index (κ3) is 6.01. The number of nitrogens with one attached hydrogen (secondary N) is 2. The second-order valence-corrected chi connectivity index (χ2v) is 8.90. The summed E-state index contributed by atoms with van der Waals surface area (Å²) in [5.74, 6) is -0.775. The molecule has 2 aromatic carbocycles. The van der Waals surface area contributed by atoms with Crippen molar-refractivity contribution in [3.8, 4) is 0 Å². The summed E-state index contributed by atoms with van der Waals surface area (Å²) in [5, 5.41) is 5.64. The summed E-state index contributed by atoms with van der Waals surface area (Å²) in [7, 11) is 0. The minimum absolute atomic E-state index is 0.135. The molecule has 2 N–H and O–H groups in total. The average Bonchev–Trinajstić information content (AvgIpc) is 2.73. The zero-order valence-electron chi connectivity index (χ0n) is 17.9. The molecule has 0 aromatic heterocycles. The standard InChI is InChI=1S/C23H27FN4O2S/c1-23(2,3)21(30)28-13-11-27(12-14-28)19-9-7-18(8-10-19)25-22(31)26-20(29)16-5-4-6-17(24)15-16/h4-10,15H,11-14H2,1-3H3,(H2,25,26,29,31). The molecular formula is C23H27FN4O2S. The number of nitrogens with zero attached hydrogens (tertiary/aromatic N) is 2. The van der Waals surface area contributed by atoms with Gasteiger partial charge < -0.3 is 15.1 Å². The second-order valence-electron chi connectivity index (χ2n) is 8.49. The summed E-state index contributed by atoms with van der Waals surface area (Å²) in [4.78, 5) is 28.7. The fourth-order valence-corrected chi connectivity index (χ4v) is 3.58. The topological polar surface area (TPSA) is 64.7 Å². The number of carbonyl (C=O) groups excluding carboxylic acids is 2. The molecule has 8 heteroatoms. The highest BCUT2D eigenvalue weighted by Crippen LogP contribution is 2.22. The molecule has 0 saturated carbocycles. The van der Waals surface area contributed by atoms with E-state index in [1.807, 2.05) is 49.9 Å². The normalized spacial score (nSPS) is 14.2. The zero-order valence-corrected chi connectivity index (χ0v) is 18.8. The van der Waals surface area contributed by atoms with Crippen LogP contribution in [-0.2, 0) is 4.79 Å². The van der Waals surface area contributed by atoms with E-state index in [0.717, 1.165) is 30.5 Å². The Labute approximate surface area is 187 Å². The molecule has 0 unspecified atom stereocenters. The Kier molecular flexibility index (Phi) is 6.90. The van der Waals surface area contributed by atoms with Gasteiger partial charge in [0.15, 0.2) is 5.11 Å². The number of halogens is 1. The minimum Gasteiger partial charge on any atom is -0.368 e. The number of anilines is 2. The van der Waals surface area contributed by atoms with Gasteiger partial charge >= 0.3 is 0 Å². The number of rotatable bonds is 3. The molecule has 2 aromatic rings. The SMILES string of the molecule is CC(C)(C)C(=O)N1CCN(c2ccc(NC(=S)NC(=O)c3cccc(F)c3)cc2)CC1. The van der Waals surface area contributed by atoms with Gasteiger partial charge in [0.05, 0.1) is 0 Å². The van der Waals surface area contributed by atoms with E-state index in [1.54, 1.807) is 0 Å². The van der Waals surface area contributed by atoms with Gasteiger partial charge in [0, 0.05) is 48.5 Å². The number of hydrogen-bond donors (Lipinski definition) is 2. The highest BCUT2D eigenvalue weighted by molar-refractivity contribution is 7.80. The predicted octanol–water partition coefficient (Wildman–Crippen LogP) is 3.65. The number of piperazine rings is 1. The Morgan fingerprint density at radius 3 is 2.23 bits per heavy atom. The molecule has 1 saturated heterocycles. The van der Waals surface area contributed by atoms with E-state index >= 15 is 0 Å². The maximum Gasteiger partial charge on any atom is 0.257 e. The maximum absolute atomic E-state index is 13.3. The lowest BCUT2D eigenvalue weighted by Crippen LogP contribution is -2.51. The van der Waals surface area contributed by atoms with Crippen LogP contribution in [0.25, 0.3) is 0 Å². The number of benzene rings is 2. The van der Waals surface area contributed by atoms with Gasteiger partial charge in [0.2, 0.25) is 5.91 Å². The van der Waals surface area contributed by atoms with Crippen LogP contribution in [0.15, 0.2) is 48.5 Å². The Morgan fingerprint density at radius 1 is 1.00 bits per heavy atom. The van der Waals surface area contributed by atoms with Crippen LogP contribution < -0.4 is 15.5 Å². The zero-order chi connectivity index (χ0) is 22.6. The highest BCUT2D eigenvalue weighted by atomic mass is 32.1. The van der Waals surface area contributed by atoms with Crippen LogP contribution in [-0.4, -0.2) is 48.0 Å². The van der Waals surface area contributed by atoms with Crippen LogP contribution in [0.1, 0.15) is 31.1 Å². The Hall–Kier alpha value is -3.00. The summed E-state index contributed by atoms with van der Waals surface area (Å²) in [6.45, 7) is 8.78. The molecule has 6 nitrogen and oxygen atoms in total. The molecular weight excluding hydrogens is 415 g/mol. The maximum atomic E-state index is 13.3. The van der Waals surface area contributed by atoms with Gasteiger partial charge in [-0.15, -0.1) is 0 Å². The van der Waals surface area contributed by atoms with Crippen molar-refractivity contribution < 1.29 is 14.0 Å². The van der Waals surface area contributed by atoms with Gasteiger partial charge in [-0.2, -0.15) is 0 Å². The van der Waals surface area contributed by atoms with Crippen molar-refractivity contribution in [3.05, 3.63) is 59.9 Å². The monoisotopic (exact) mass is 442 g/mol. The quantitative estimate of drug-likeness (QED) is 0.711. The van der Waals surface area contributed by atoms with Crippen molar-refractivity contribution in [3.63, 3.8) is 0 Å². The summed E-state index contributed by atoms with van der Waals surface area (Å²) in [6, 6.07) is 13.1. The smallest absolute Gasteiger partial charge is 0.257 e. The number of carbonyl (C=O) groups is 2.